The molecule has 7 nitrogen and oxygen atoms in total. The van der Waals surface area contributed by atoms with Crippen LogP contribution >= 0.6 is 11.3 Å². The van der Waals surface area contributed by atoms with Gasteiger partial charge in [0.15, 0.2) is 0 Å². The number of nitrogens with zero attached hydrogens (tertiary/aromatic N) is 5. The van der Waals surface area contributed by atoms with Crippen LogP contribution in [0.3, 0.4) is 0 Å². The molecule has 1 aliphatic heterocycles. The Kier molecular flexibility index (Phi) is 4.35. The maximum atomic E-state index is 12.6. The van der Waals surface area contributed by atoms with Crippen LogP contribution in [0.1, 0.15) is 46.5 Å². The predicted octanol–water partition coefficient (Wildman–Crippen LogP) is 2.70. The van der Waals surface area contributed by atoms with E-state index in [0.717, 1.165) is 36.6 Å². The lowest BCUT2D eigenvalue weighted by atomic mass is 9.97. The van der Waals surface area contributed by atoms with Gasteiger partial charge in [-0.3, -0.25) is 4.79 Å². The number of carbonyl (C=O) groups excluding carboxylic acids is 1. The van der Waals surface area contributed by atoms with Crippen molar-refractivity contribution in [3.8, 4) is 0 Å². The molecule has 3 aromatic rings. The van der Waals surface area contributed by atoms with E-state index in [4.69, 9.17) is 4.52 Å². The van der Waals surface area contributed by atoms with Crippen molar-refractivity contribution < 1.29 is 9.32 Å². The van der Waals surface area contributed by atoms with Gasteiger partial charge >= 0.3 is 0 Å². The maximum Gasteiger partial charge on any atom is 0.292 e. The molecule has 1 fully saturated rings. The number of amides is 1. The zero-order chi connectivity index (χ0) is 17.2. The van der Waals surface area contributed by atoms with Crippen LogP contribution in [0.15, 0.2) is 33.9 Å². The molecule has 4 heterocycles. The molecule has 0 unspecified atom stereocenters. The topological polar surface area (TPSA) is 77.0 Å². The van der Waals surface area contributed by atoms with Crippen molar-refractivity contribution in [2.24, 2.45) is 0 Å². The zero-order valence-corrected chi connectivity index (χ0v) is 14.8. The van der Waals surface area contributed by atoms with Crippen LogP contribution < -0.4 is 0 Å². The summed E-state index contributed by atoms with van der Waals surface area (Å²) in [7, 11) is 0. The first-order chi connectivity index (χ1) is 12.2. The predicted molar refractivity (Wildman–Crippen MR) is 92.6 cm³/mol. The second-order valence-corrected chi connectivity index (χ2v) is 7.03. The Balaban J connectivity index is 1.50. The van der Waals surface area contributed by atoms with Gasteiger partial charge in [-0.1, -0.05) is 5.16 Å². The summed E-state index contributed by atoms with van der Waals surface area (Å²) < 4.78 is 7.26. The van der Waals surface area contributed by atoms with Gasteiger partial charge in [-0.05, 0) is 19.8 Å². The third-order valence-electron chi connectivity index (χ3n) is 4.48. The molecule has 0 spiro atoms. The van der Waals surface area contributed by atoms with E-state index in [1.165, 1.54) is 0 Å². The molecule has 0 aliphatic carbocycles. The van der Waals surface area contributed by atoms with Crippen molar-refractivity contribution >= 4 is 17.2 Å². The Labute approximate surface area is 149 Å². The minimum absolute atomic E-state index is 0.0945. The first kappa shape index (κ1) is 16.0. The summed E-state index contributed by atoms with van der Waals surface area (Å²) >= 11 is 1.59. The summed E-state index contributed by atoms with van der Waals surface area (Å²) in [5.74, 6) is 1.45. The molecule has 4 rings (SSSR count). The second kappa shape index (κ2) is 6.79. The smallest absolute Gasteiger partial charge is 0.292 e. The molecule has 0 aromatic carbocycles. The van der Waals surface area contributed by atoms with E-state index < -0.39 is 0 Å². The summed E-state index contributed by atoms with van der Waals surface area (Å²) in [6.45, 7) is 3.91. The molecule has 1 atom stereocenters. The number of piperidine rings is 1. The summed E-state index contributed by atoms with van der Waals surface area (Å²) in [6.07, 6.45) is 5.78. The number of likely N-dealkylation sites (tertiary alicyclic amines) is 1. The molecule has 0 radical (unpaired) electrons. The molecule has 0 bridgehead atoms. The molecule has 130 valence electrons. The molecule has 1 saturated heterocycles. The molecule has 25 heavy (non-hydrogen) atoms. The van der Waals surface area contributed by atoms with Gasteiger partial charge in [-0.25, -0.2) is 9.97 Å². The Hall–Kier alpha value is -2.48. The highest BCUT2D eigenvalue weighted by Crippen LogP contribution is 2.27. The van der Waals surface area contributed by atoms with Gasteiger partial charge < -0.3 is 14.0 Å². The van der Waals surface area contributed by atoms with Crippen LogP contribution in [0.25, 0.3) is 0 Å². The van der Waals surface area contributed by atoms with E-state index in [1.807, 2.05) is 35.1 Å². The SMILES string of the molecule is Cc1cc(C(=O)N2CCC[C@H](c3nccn3Cc3cscn3)C2)on1. The lowest BCUT2D eigenvalue weighted by Crippen LogP contribution is -2.39. The number of hydrogen-bond acceptors (Lipinski definition) is 6. The van der Waals surface area contributed by atoms with Gasteiger partial charge in [0.1, 0.15) is 5.82 Å². The number of aryl methyl sites for hydroxylation is 1. The Morgan fingerprint density at radius 1 is 1.44 bits per heavy atom. The minimum Gasteiger partial charge on any atom is -0.351 e. The van der Waals surface area contributed by atoms with Crippen LogP contribution in [0, 0.1) is 6.92 Å². The summed E-state index contributed by atoms with van der Waals surface area (Å²) in [5, 5.41) is 5.86. The van der Waals surface area contributed by atoms with E-state index in [2.05, 4.69) is 19.7 Å². The highest BCUT2D eigenvalue weighted by Gasteiger charge is 2.29. The second-order valence-electron chi connectivity index (χ2n) is 6.32. The highest BCUT2D eigenvalue weighted by atomic mass is 32.1. The monoisotopic (exact) mass is 357 g/mol. The molecule has 1 aliphatic rings. The van der Waals surface area contributed by atoms with E-state index in [1.54, 1.807) is 17.4 Å². The fourth-order valence-electron chi connectivity index (χ4n) is 3.30. The quantitative estimate of drug-likeness (QED) is 0.717. The van der Waals surface area contributed by atoms with Crippen LogP contribution in [0.2, 0.25) is 0 Å². The van der Waals surface area contributed by atoms with Gasteiger partial charge in [-0.15, -0.1) is 11.3 Å². The van der Waals surface area contributed by atoms with Crippen molar-refractivity contribution in [2.75, 3.05) is 13.1 Å². The molecular formula is C17H19N5O2S. The molecule has 0 N–H and O–H groups in total. The first-order valence-corrected chi connectivity index (χ1v) is 9.25. The molecule has 0 saturated carbocycles. The van der Waals surface area contributed by atoms with Crippen molar-refractivity contribution in [3.63, 3.8) is 0 Å². The van der Waals surface area contributed by atoms with E-state index in [0.29, 0.717) is 18.8 Å². The fourth-order valence-corrected chi connectivity index (χ4v) is 3.85. The number of aromatic nitrogens is 4. The Morgan fingerprint density at radius 3 is 3.12 bits per heavy atom. The third kappa shape index (κ3) is 3.34. The van der Waals surface area contributed by atoms with Gasteiger partial charge in [0.2, 0.25) is 5.76 Å². The standard InChI is InChI=1S/C17H19N5O2S/c1-12-7-15(24-20-12)17(23)22-5-2-3-13(8-22)16-18-4-6-21(16)9-14-10-25-11-19-14/h4,6-7,10-11,13H,2-3,5,8-9H2,1H3/t13-/m0/s1. The lowest BCUT2D eigenvalue weighted by molar-refractivity contribution is 0.0661. The van der Waals surface area contributed by atoms with Crippen molar-refractivity contribution in [1.82, 2.24) is 24.6 Å². The first-order valence-electron chi connectivity index (χ1n) is 8.31. The highest BCUT2D eigenvalue weighted by molar-refractivity contribution is 7.07. The van der Waals surface area contributed by atoms with E-state index in [-0.39, 0.29) is 11.8 Å². The zero-order valence-electron chi connectivity index (χ0n) is 14.0. The normalized spacial score (nSPS) is 17.8. The molecule has 3 aromatic heterocycles. The minimum atomic E-state index is -0.0945. The Morgan fingerprint density at radius 2 is 2.36 bits per heavy atom. The molecule has 1 amide bonds. The number of hydrogen-bond donors (Lipinski definition) is 0. The van der Waals surface area contributed by atoms with Gasteiger partial charge in [0, 0.05) is 42.8 Å². The largest absolute Gasteiger partial charge is 0.351 e. The average molecular weight is 357 g/mol. The number of thiazole rings is 1. The lowest BCUT2D eigenvalue weighted by Gasteiger charge is -2.32. The Bertz CT molecular complexity index is 854. The number of carbonyl (C=O) groups is 1. The van der Waals surface area contributed by atoms with E-state index >= 15 is 0 Å². The van der Waals surface area contributed by atoms with Gasteiger partial charge in [0.25, 0.3) is 5.91 Å². The van der Waals surface area contributed by atoms with E-state index in [9.17, 15) is 4.79 Å². The van der Waals surface area contributed by atoms with Gasteiger partial charge in [-0.2, -0.15) is 0 Å². The van der Waals surface area contributed by atoms with Crippen LogP contribution in [-0.2, 0) is 6.54 Å². The average Bonchev–Trinajstić information content (AvgIpc) is 3.37. The van der Waals surface area contributed by atoms with Crippen LogP contribution in [-0.4, -0.2) is 43.6 Å². The van der Waals surface area contributed by atoms with Crippen LogP contribution in [0.4, 0.5) is 0 Å². The summed E-state index contributed by atoms with van der Waals surface area (Å²) in [5.41, 5.74) is 3.59. The maximum absolute atomic E-state index is 12.6. The van der Waals surface area contributed by atoms with Crippen molar-refractivity contribution in [2.45, 2.75) is 32.2 Å². The molecule has 8 heteroatoms. The van der Waals surface area contributed by atoms with Crippen molar-refractivity contribution in [3.05, 3.63) is 52.3 Å². The number of imidazole rings is 1. The van der Waals surface area contributed by atoms with Crippen molar-refractivity contribution in [1.29, 1.82) is 0 Å². The molecular weight excluding hydrogens is 338 g/mol. The van der Waals surface area contributed by atoms with Crippen LogP contribution in [0.5, 0.6) is 0 Å². The summed E-state index contributed by atoms with van der Waals surface area (Å²) in [6, 6.07) is 1.69. The number of rotatable bonds is 4. The third-order valence-corrected chi connectivity index (χ3v) is 5.11. The van der Waals surface area contributed by atoms with Gasteiger partial charge in [0.05, 0.1) is 23.4 Å². The fraction of sp³-hybridized carbons (Fsp3) is 0.412. The summed E-state index contributed by atoms with van der Waals surface area (Å²) in [4.78, 5) is 23.4.